The standard InChI is InChI=1S/C30H39N5O5S/c1-20-26(18-41-30-34-32-19-35(30)3)39-29(40-28(20)23-13-11-22(17-36)12-14-23)24-8-7-9-25(16-24)33-27(38)10-5-4-6-15-31-21(2)37/h7-9,11-14,16,19-20,26,28-29,36H,4-6,10,15,17-18H2,1-3H3,(H,31,37)(H,33,38). The number of aryl methyl sites for hydroxylation is 1. The van der Waals surface area contributed by atoms with Crippen molar-refractivity contribution < 1.29 is 24.2 Å². The summed E-state index contributed by atoms with van der Waals surface area (Å²) in [7, 11) is 1.91. The van der Waals surface area contributed by atoms with Gasteiger partial charge in [0.15, 0.2) is 11.4 Å². The zero-order valence-electron chi connectivity index (χ0n) is 23.8. The number of carbonyl (C=O) groups excluding carboxylic acids is 2. The van der Waals surface area contributed by atoms with E-state index in [0.29, 0.717) is 24.4 Å². The Morgan fingerprint density at radius 1 is 1.07 bits per heavy atom. The minimum absolute atomic E-state index is 0.0142. The molecule has 4 rings (SSSR count). The van der Waals surface area contributed by atoms with Crippen LogP contribution in [0, 0.1) is 5.92 Å². The number of rotatable bonds is 13. The SMILES string of the molecule is CC(=O)NCCCCCC(=O)Nc1cccc(C2OC(CSc3nncn3C)C(C)C(c3ccc(CO)cc3)O2)c1. The van der Waals surface area contributed by atoms with Crippen LogP contribution in [-0.4, -0.2) is 50.1 Å². The van der Waals surface area contributed by atoms with Gasteiger partial charge in [-0.3, -0.25) is 9.59 Å². The van der Waals surface area contributed by atoms with E-state index in [4.69, 9.17) is 9.47 Å². The number of ether oxygens (including phenoxy) is 2. The monoisotopic (exact) mass is 581 g/mol. The molecule has 0 aliphatic carbocycles. The van der Waals surface area contributed by atoms with Crippen molar-refractivity contribution in [1.29, 1.82) is 0 Å². The molecule has 41 heavy (non-hydrogen) atoms. The number of unbranched alkanes of at least 4 members (excludes halogenated alkanes) is 2. The van der Waals surface area contributed by atoms with Crippen LogP contribution in [0.2, 0.25) is 0 Å². The largest absolute Gasteiger partial charge is 0.392 e. The first-order valence-electron chi connectivity index (χ1n) is 14.0. The molecule has 3 N–H and O–H groups in total. The minimum Gasteiger partial charge on any atom is -0.392 e. The summed E-state index contributed by atoms with van der Waals surface area (Å²) < 4.78 is 14.9. The maximum Gasteiger partial charge on any atom is 0.224 e. The first kappa shape index (κ1) is 30.7. The summed E-state index contributed by atoms with van der Waals surface area (Å²) in [5.41, 5.74) is 3.36. The van der Waals surface area contributed by atoms with E-state index in [1.807, 2.05) is 60.1 Å². The molecule has 1 fully saturated rings. The van der Waals surface area contributed by atoms with Gasteiger partial charge >= 0.3 is 0 Å². The highest BCUT2D eigenvalue weighted by molar-refractivity contribution is 7.99. The van der Waals surface area contributed by atoms with E-state index in [-0.39, 0.29) is 36.5 Å². The summed E-state index contributed by atoms with van der Waals surface area (Å²) in [4.78, 5) is 23.5. The second-order valence-electron chi connectivity index (χ2n) is 10.3. The third kappa shape index (κ3) is 8.87. The number of hydrogen-bond donors (Lipinski definition) is 3. The predicted molar refractivity (Wildman–Crippen MR) is 157 cm³/mol. The van der Waals surface area contributed by atoms with Crippen molar-refractivity contribution >= 4 is 29.3 Å². The molecular formula is C30H39N5O5S. The summed E-state index contributed by atoms with van der Waals surface area (Å²) in [5.74, 6) is 0.613. The third-order valence-electron chi connectivity index (χ3n) is 7.07. The third-order valence-corrected chi connectivity index (χ3v) is 8.19. The summed E-state index contributed by atoms with van der Waals surface area (Å²) >= 11 is 1.59. The molecule has 2 amide bonds. The number of hydrogen-bond acceptors (Lipinski definition) is 8. The highest BCUT2D eigenvalue weighted by Gasteiger charge is 2.38. The van der Waals surface area contributed by atoms with E-state index in [1.54, 1.807) is 18.1 Å². The Balaban J connectivity index is 1.43. The first-order valence-corrected chi connectivity index (χ1v) is 14.9. The fourth-order valence-electron chi connectivity index (χ4n) is 4.71. The van der Waals surface area contributed by atoms with Crippen molar-refractivity contribution in [2.24, 2.45) is 13.0 Å². The molecule has 4 atom stereocenters. The quantitative estimate of drug-likeness (QED) is 0.199. The van der Waals surface area contributed by atoms with Gasteiger partial charge in [0.1, 0.15) is 6.33 Å². The summed E-state index contributed by atoms with van der Waals surface area (Å²) in [5, 5.41) is 24.2. The summed E-state index contributed by atoms with van der Waals surface area (Å²) in [6, 6.07) is 15.4. The van der Waals surface area contributed by atoms with E-state index < -0.39 is 6.29 Å². The number of benzene rings is 2. The molecule has 1 saturated heterocycles. The van der Waals surface area contributed by atoms with Gasteiger partial charge in [-0.1, -0.05) is 61.5 Å². The van der Waals surface area contributed by atoms with Gasteiger partial charge in [0.2, 0.25) is 11.8 Å². The first-order chi connectivity index (χ1) is 19.8. The van der Waals surface area contributed by atoms with Crippen LogP contribution in [0.1, 0.15) is 68.6 Å². The highest BCUT2D eigenvalue weighted by atomic mass is 32.2. The number of nitrogens with zero attached hydrogens (tertiary/aromatic N) is 3. The Kier molecular flexibility index (Phi) is 11.3. The molecule has 1 aliphatic heterocycles. The van der Waals surface area contributed by atoms with Gasteiger partial charge in [-0.15, -0.1) is 10.2 Å². The summed E-state index contributed by atoms with van der Waals surface area (Å²) in [6.07, 6.45) is 3.53. The van der Waals surface area contributed by atoms with Gasteiger partial charge < -0.3 is 29.8 Å². The second kappa shape index (κ2) is 15.1. The molecule has 4 unspecified atom stereocenters. The highest BCUT2D eigenvalue weighted by Crippen LogP contribution is 2.43. The number of aliphatic hydroxyl groups is 1. The number of aromatic nitrogens is 3. The van der Waals surface area contributed by atoms with Crippen LogP contribution in [0.25, 0.3) is 0 Å². The topological polar surface area (TPSA) is 128 Å². The van der Waals surface area contributed by atoms with Crippen LogP contribution in [0.5, 0.6) is 0 Å². The van der Waals surface area contributed by atoms with Gasteiger partial charge in [-0.25, -0.2) is 0 Å². The molecule has 0 spiro atoms. The molecule has 0 saturated carbocycles. The maximum absolute atomic E-state index is 12.6. The van der Waals surface area contributed by atoms with Crippen LogP contribution in [0.4, 0.5) is 5.69 Å². The number of nitrogens with one attached hydrogen (secondary N) is 2. The van der Waals surface area contributed by atoms with Crippen molar-refractivity contribution in [2.45, 2.75) is 69.8 Å². The lowest BCUT2D eigenvalue weighted by Gasteiger charge is -2.41. The Morgan fingerprint density at radius 2 is 1.88 bits per heavy atom. The molecule has 0 radical (unpaired) electrons. The second-order valence-corrected chi connectivity index (χ2v) is 11.3. The molecule has 3 aromatic rings. The Hall–Kier alpha value is -3.25. The molecule has 220 valence electrons. The van der Waals surface area contributed by atoms with Gasteiger partial charge in [-0.05, 0) is 36.1 Å². The lowest BCUT2D eigenvalue weighted by Crippen LogP contribution is -2.38. The van der Waals surface area contributed by atoms with E-state index in [1.165, 1.54) is 6.92 Å². The van der Waals surface area contributed by atoms with Crippen molar-refractivity contribution in [3.63, 3.8) is 0 Å². The van der Waals surface area contributed by atoms with Crippen LogP contribution < -0.4 is 10.6 Å². The van der Waals surface area contributed by atoms with Crippen LogP contribution in [0.3, 0.4) is 0 Å². The molecule has 2 aromatic carbocycles. The molecule has 0 bridgehead atoms. The number of anilines is 1. The van der Waals surface area contributed by atoms with Crippen LogP contribution in [-0.2, 0) is 32.7 Å². The Morgan fingerprint density at radius 3 is 2.59 bits per heavy atom. The molecule has 10 nitrogen and oxygen atoms in total. The van der Waals surface area contributed by atoms with Gasteiger partial charge in [0, 0.05) is 49.9 Å². The van der Waals surface area contributed by atoms with Crippen molar-refractivity contribution in [3.05, 3.63) is 71.5 Å². The molecule has 1 aromatic heterocycles. The molecule has 2 heterocycles. The van der Waals surface area contributed by atoms with Gasteiger partial charge in [0.05, 0.1) is 18.8 Å². The van der Waals surface area contributed by atoms with Crippen molar-refractivity contribution in [3.8, 4) is 0 Å². The number of thioether (sulfide) groups is 1. The van der Waals surface area contributed by atoms with Gasteiger partial charge in [0.25, 0.3) is 0 Å². The summed E-state index contributed by atoms with van der Waals surface area (Å²) in [6.45, 7) is 4.24. The van der Waals surface area contributed by atoms with Crippen LogP contribution in [0.15, 0.2) is 60.0 Å². The van der Waals surface area contributed by atoms with Gasteiger partial charge in [-0.2, -0.15) is 0 Å². The normalized spacial score (nSPS) is 20.5. The number of aliphatic hydroxyl groups excluding tert-OH is 1. The predicted octanol–water partition coefficient (Wildman–Crippen LogP) is 4.53. The fourth-order valence-corrected chi connectivity index (χ4v) is 5.76. The number of amides is 2. The van der Waals surface area contributed by atoms with Crippen molar-refractivity contribution in [1.82, 2.24) is 20.1 Å². The lowest BCUT2D eigenvalue weighted by atomic mass is 9.91. The molecule has 11 heteroatoms. The fraction of sp³-hybridized carbons (Fsp3) is 0.467. The molecular weight excluding hydrogens is 542 g/mol. The molecule has 1 aliphatic rings. The smallest absolute Gasteiger partial charge is 0.224 e. The van der Waals surface area contributed by atoms with Crippen molar-refractivity contribution in [2.75, 3.05) is 17.6 Å². The van der Waals surface area contributed by atoms with E-state index in [0.717, 1.165) is 41.1 Å². The number of carbonyl (C=O) groups is 2. The van der Waals surface area contributed by atoms with E-state index in [2.05, 4.69) is 27.8 Å². The maximum atomic E-state index is 12.6. The average molecular weight is 582 g/mol. The van der Waals surface area contributed by atoms with Crippen LogP contribution >= 0.6 is 11.8 Å². The Labute approximate surface area is 245 Å². The zero-order chi connectivity index (χ0) is 29.2. The van der Waals surface area contributed by atoms with E-state index in [9.17, 15) is 14.7 Å². The van der Waals surface area contributed by atoms with E-state index >= 15 is 0 Å². The zero-order valence-corrected chi connectivity index (χ0v) is 24.6. The minimum atomic E-state index is -0.635. The Bertz CT molecular complexity index is 1280. The average Bonchev–Trinajstić information content (AvgIpc) is 3.38. The lowest BCUT2D eigenvalue weighted by molar-refractivity contribution is -0.268.